The number of hydrogen-bond donors (Lipinski definition) is 0. The molecule has 0 atom stereocenters. The third kappa shape index (κ3) is 4.82. The quantitative estimate of drug-likeness (QED) is 0.297. The molecule has 0 aliphatic heterocycles. The normalized spacial score (nSPS) is 11.8. The SMILES string of the molecule is B/C(C=C)=N/C=C\C=C. The van der Waals surface area contributed by atoms with Crippen LogP contribution in [0.1, 0.15) is 0 Å². The van der Waals surface area contributed by atoms with Crippen LogP contribution in [0.15, 0.2) is 42.6 Å². The molecule has 0 saturated heterocycles. The third-order valence-corrected chi connectivity index (χ3v) is 0.796. The molecule has 0 fully saturated rings. The Morgan fingerprint density at radius 2 is 2.11 bits per heavy atom. The minimum absolute atomic E-state index is 0.910. The zero-order valence-corrected chi connectivity index (χ0v) is 5.67. The summed E-state index contributed by atoms with van der Waals surface area (Å²) in [7, 11) is 1.89. The minimum Gasteiger partial charge on any atom is -0.272 e. The zero-order valence-electron chi connectivity index (χ0n) is 5.67. The Morgan fingerprint density at radius 3 is 2.56 bits per heavy atom. The molecule has 9 heavy (non-hydrogen) atoms. The molecular weight excluding hydrogens is 109 g/mol. The second-order valence-electron chi connectivity index (χ2n) is 1.55. The Balaban J connectivity index is 3.81. The van der Waals surface area contributed by atoms with E-state index in [1.165, 1.54) is 0 Å². The summed E-state index contributed by atoms with van der Waals surface area (Å²) in [6.07, 6.45) is 6.84. The van der Waals surface area contributed by atoms with Crippen LogP contribution in [0, 0.1) is 0 Å². The molecule has 0 amide bonds. The number of nitrogens with zero attached hydrogens (tertiary/aromatic N) is 1. The highest BCUT2D eigenvalue weighted by atomic mass is 14.7. The Bertz CT molecular complexity index is 156. The summed E-state index contributed by atoms with van der Waals surface area (Å²) in [5.41, 5.74) is 0.910. The van der Waals surface area contributed by atoms with E-state index in [0.29, 0.717) is 0 Å². The van der Waals surface area contributed by atoms with E-state index >= 15 is 0 Å². The largest absolute Gasteiger partial charge is 0.272 e. The van der Waals surface area contributed by atoms with Crippen LogP contribution in [0.2, 0.25) is 0 Å². The Morgan fingerprint density at radius 1 is 1.44 bits per heavy atom. The van der Waals surface area contributed by atoms with Gasteiger partial charge >= 0.3 is 0 Å². The lowest BCUT2D eigenvalue weighted by atomic mass is 10.0. The molecule has 0 spiro atoms. The van der Waals surface area contributed by atoms with Gasteiger partial charge in [0.05, 0.1) is 0 Å². The fourth-order valence-electron chi connectivity index (χ4n) is 0.274. The lowest BCUT2D eigenvalue weighted by Crippen LogP contribution is -1.86. The molecule has 0 bridgehead atoms. The minimum atomic E-state index is 0.910. The van der Waals surface area contributed by atoms with Gasteiger partial charge in [0.2, 0.25) is 0 Å². The maximum Gasteiger partial charge on any atom is 0.163 e. The van der Waals surface area contributed by atoms with E-state index in [9.17, 15) is 0 Å². The average molecular weight is 119 g/mol. The van der Waals surface area contributed by atoms with E-state index in [4.69, 9.17) is 0 Å². The molecule has 1 nitrogen and oxygen atoms in total. The standard InChI is InChI=1S/C7H10BN/c1-3-5-6-9-7(8)4-2/h3-6H,1-2,8H2/b6-5-,9-7+. The van der Waals surface area contributed by atoms with Crippen LogP contribution in [0.3, 0.4) is 0 Å². The molecule has 0 aromatic rings. The van der Waals surface area contributed by atoms with E-state index in [1.807, 2.05) is 7.85 Å². The molecule has 0 aliphatic rings. The van der Waals surface area contributed by atoms with E-state index in [2.05, 4.69) is 18.2 Å². The molecule has 0 unspecified atom stereocenters. The van der Waals surface area contributed by atoms with Gasteiger partial charge in [0.15, 0.2) is 7.85 Å². The van der Waals surface area contributed by atoms with Gasteiger partial charge in [0.1, 0.15) is 0 Å². The predicted molar refractivity (Wildman–Crippen MR) is 45.5 cm³/mol. The van der Waals surface area contributed by atoms with Crippen LogP contribution in [0.5, 0.6) is 0 Å². The van der Waals surface area contributed by atoms with Gasteiger partial charge in [-0.3, -0.25) is 4.99 Å². The second-order valence-corrected chi connectivity index (χ2v) is 1.55. The van der Waals surface area contributed by atoms with Gasteiger partial charge in [-0.1, -0.05) is 25.3 Å². The summed E-state index contributed by atoms with van der Waals surface area (Å²) in [4.78, 5) is 3.98. The van der Waals surface area contributed by atoms with Gasteiger partial charge in [-0.25, -0.2) is 0 Å². The van der Waals surface area contributed by atoms with Crippen molar-refractivity contribution < 1.29 is 0 Å². The van der Waals surface area contributed by atoms with Gasteiger partial charge in [0.25, 0.3) is 0 Å². The van der Waals surface area contributed by atoms with Crippen molar-refractivity contribution in [3.63, 3.8) is 0 Å². The van der Waals surface area contributed by atoms with Crippen LogP contribution in [-0.2, 0) is 0 Å². The van der Waals surface area contributed by atoms with Crippen LogP contribution in [0.25, 0.3) is 0 Å². The summed E-state index contributed by atoms with van der Waals surface area (Å²) in [5, 5.41) is 0. The van der Waals surface area contributed by atoms with Crippen molar-refractivity contribution in [3.05, 3.63) is 37.6 Å². The molecule has 0 aromatic heterocycles. The van der Waals surface area contributed by atoms with Crippen molar-refractivity contribution in [1.82, 2.24) is 0 Å². The highest BCUT2D eigenvalue weighted by Crippen LogP contribution is 1.77. The second kappa shape index (κ2) is 5.10. The van der Waals surface area contributed by atoms with E-state index in [1.54, 1.807) is 24.4 Å². The first-order chi connectivity index (χ1) is 4.31. The molecular formula is C7H10BN. The van der Waals surface area contributed by atoms with E-state index < -0.39 is 0 Å². The Hall–Kier alpha value is -1.05. The molecule has 46 valence electrons. The third-order valence-electron chi connectivity index (χ3n) is 0.796. The Kier molecular flexibility index (Phi) is 4.51. The predicted octanol–water partition coefficient (Wildman–Crippen LogP) is 0.904. The first-order valence-corrected chi connectivity index (χ1v) is 2.75. The van der Waals surface area contributed by atoms with Crippen molar-refractivity contribution in [1.29, 1.82) is 0 Å². The highest BCUT2D eigenvalue weighted by molar-refractivity contribution is 6.63. The van der Waals surface area contributed by atoms with Gasteiger partial charge in [0, 0.05) is 6.20 Å². The van der Waals surface area contributed by atoms with Crippen LogP contribution < -0.4 is 0 Å². The first-order valence-electron chi connectivity index (χ1n) is 2.75. The van der Waals surface area contributed by atoms with Crippen molar-refractivity contribution in [2.45, 2.75) is 0 Å². The van der Waals surface area contributed by atoms with Crippen LogP contribution in [-0.4, -0.2) is 13.5 Å². The number of hydrogen-bond acceptors (Lipinski definition) is 1. The smallest absolute Gasteiger partial charge is 0.163 e. The van der Waals surface area contributed by atoms with Crippen molar-refractivity contribution in [3.8, 4) is 0 Å². The van der Waals surface area contributed by atoms with Crippen LogP contribution >= 0.6 is 0 Å². The number of rotatable bonds is 3. The summed E-state index contributed by atoms with van der Waals surface area (Å²) in [5.74, 6) is 0. The molecule has 0 N–H and O–H groups in total. The zero-order chi connectivity index (χ0) is 7.11. The van der Waals surface area contributed by atoms with Gasteiger partial charge in [-0.05, 0) is 11.7 Å². The molecule has 0 heterocycles. The maximum absolute atomic E-state index is 3.98. The van der Waals surface area contributed by atoms with Crippen molar-refractivity contribution in [2.24, 2.45) is 4.99 Å². The fourth-order valence-corrected chi connectivity index (χ4v) is 0.274. The molecule has 0 aliphatic carbocycles. The van der Waals surface area contributed by atoms with Crippen LogP contribution in [0.4, 0.5) is 0 Å². The van der Waals surface area contributed by atoms with Gasteiger partial charge in [-0.2, -0.15) is 0 Å². The van der Waals surface area contributed by atoms with Gasteiger partial charge < -0.3 is 0 Å². The summed E-state index contributed by atoms with van der Waals surface area (Å²) < 4.78 is 0. The molecule has 0 saturated carbocycles. The first kappa shape index (κ1) is 7.95. The Labute approximate surface area is 56.9 Å². The highest BCUT2D eigenvalue weighted by Gasteiger charge is 1.73. The van der Waals surface area contributed by atoms with Crippen molar-refractivity contribution in [2.75, 3.05) is 0 Å². The molecule has 0 aromatic carbocycles. The fraction of sp³-hybridized carbons (Fsp3) is 0. The lowest BCUT2D eigenvalue weighted by molar-refractivity contribution is 1.59. The monoisotopic (exact) mass is 119 g/mol. The molecule has 0 rings (SSSR count). The summed E-state index contributed by atoms with van der Waals surface area (Å²) in [6.45, 7) is 7.05. The van der Waals surface area contributed by atoms with E-state index in [0.717, 1.165) is 5.61 Å². The average Bonchev–Trinajstić information content (AvgIpc) is 1.89. The summed E-state index contributed by atoms with van der Waals surface area (Å²) in [6, 6.07) is 0. The van der Waals surface area contributed by atoms with Gasteiger partial charge in [-0.15, -0.1) is 0 Å². The molecule has 0 radical (unpaired) electrons. The molecule has 2 heteroatoms. The summed E-state index contributed by atoms with van der Waals surface area (Å²) >= 11 is 0. The van der Waals surface area contributed by atoms with Crippen molar-refractivity contribution >= 4 is 13.5 Å². The van der Waals surface area contributed by atoms with E-state index in [-0.39, 0.29) is 0 Å². The topological polar surface area (TPSA) is 12.4 Å². The lowest BCUT2D eigenvalue weighted by Gasteiger charge is -1.81. The number of aliphatic imine (C=N–C) groups is 1. The maximum atomic E-state index is 3.98. The number of allylic oxidation sites excluding steroid dienone is 3.